The number of fused-ring (bicyclic) bond motifs is 1. The molecule has 0 atom stereocenters. The van der Waals surface area contributed by atoms with E-state index in [0.29, 0.717) is 18.2 Å². The van der Waals surface area contributed by atoms with E-state index in [0.717, 1.165) is 22.2 Å². The van der Waals surface area contributed by atoms with Crippen LogP contribution in [0.1, 0.15) is 16.8 Å². The molecule has 2 N–H and O–H groups in total. The highest BCUT2D eigenvalue weighted by Gasteiger charge is 2.09. The summed E-state index contributed by atoms with van der Waals surface area (Å²) in [6.07, 6.45) is 0.704. The average Bonchev–Trinajstić information content (AvgIpc) is 2.47. The highest BCUT2D eigenvalue weighted by atomic mass is 35.5. The van der Waals surface area contributed by atoms with Crippen LogP contribution in [-0.2, 0) is 12.3 Å². The SMILES string of the molecule is Nc1nc(Cc2ccccc2CCl)c2ccccc2n1. The second-order valence-corrected chi connectivity index (χ2v) is 4.89. The number of nitrogens with zero attached hydrogens (tertiary/aromatic N) is 2. The molecule has 0 aliphatic heterocycles. The Balaban J connectivity index is 2.10. The van der Waals surface area contributed by atoms with Crippen LogP contribution in [0, 0.1) is 0 Å². The summed E-state index contributed by atoms with van der Waals surface area (Å²) < 4.78 is 0. The molecule has 100 valence electrons. The van der Waals surface area contributed by atoms with Gasteiger partial charge in [0.25, 0.3) is 0 Å². The largest absolute Gasteiger partial charge is 0.368 e. The maximum atomic E-state index is 5.99. The summed E-state index contributed by atoms with van der Waals surface area (Å²) in [7, 11) is 0. The van der Waals surface area contributed by atoms with E-state index in [1.807, 2.05) is 42.5 Å². The van der Waals surface area contributed by atoms with Gasteiger partial charge in [0.2, 0.25) is 5.95 Å². The van der Waals surface area contributed by atoms with Crippen LogP contribution in [0.4, 0.5) is 5.95 Å². The third-order valence-corrected chi connectivity index (χ3v) is 3.61. The van der Waals surface area contributed by atoms with Crippen molar-refractivity contribution in [1.82, 2.24) is 9.97 Å². The lowest BCUT2D eigenvalue weighted by Gasteiger charge is -2.09. The first-order valence-electron chi connectivity index (χ1n) is 6.42. The predicted molar refractivity (Wildman–Crippen MR) is 82.8 cm³/mol. The average molecular weight is 284 g/mol. The number of para-hydroxylation sites is 1. The zero-order valence-corrected chi connectivity index (χ0v) is 11.6. The number of alkyl halides is 1. The van der Waals surface area contributed by atoms with E-state index in [9.17, 15) is 0 Å². The molecule has 0 saturated carbocycles. The first-order chi connectivity index (χ1) is 9.78. The van der Waals surface area contributed by atoms with Crippen LogP contribution in [-0.4, -0.2) is 9.97 Å². The van der Waals surface area contributed by atoms with Crippen molar-refractivity contribution in [3.8, 4) is 0 Å². The van der Waals surface area contributed by atoms with Gasteiger partial charge < -0.3 is 5.73 Å². The van der Waals surface area contributed by atoms with E-state index >= 15 is 0 Å². The van der Waals surface area contributed by atoms with Crippen molar-refractivity contribution in [2.24, 2.45) is 0 Å². The van der Waals surface area contributed by atoms with E-state index in [1.54, 1.807) is 0 Å². The van der Waals surface area contributed by atoms with Gasteiger partial charge in [-0.2, -0.15) is 0 Å². The lowest BCUT2D eigenvalue weighted by Crippen LogP contribution is -2.02. The van der Waals surface area contributed by atoms with Gasteiger partial charge in [-0.05, 0) is 17.2 Å². The molecule has 0 unspecified atom stereocenters. The molecule has 1 aromatic heterocycles. The molecule has 0 bridgehead atoms. The van der Waals surface area contributed by atoms with Crippen molar-refractivity contribution in [2.45, 2.75) is 12.3 Å². The Morgan fingerprint density at radius 3 is 2.40 bits per heavy atom. The summed E-state index contributed by atoms with van der Waals surface area (Å²) in [5, 5.41) is 1.03. The Kier molecular flexibility index (Phi) is 3.52. The highest BCUT2D eigenvalue weighted by Crippen LogP contribution is 2.21. The van der Waals surface area contributed by atoms with Gasteiger partial charge in [0.1, 0.15) is 0 Å². The molecular formula is C16H14ClN3. The molecular weight excluding hydrogens is 270 g/mol. The first kappa shape index (κ1) is 12.9. The van der Waals surface area contributed by atoms with Gasteiger partial charge in [0.05, 0.1) is 11.2 Å². The van der Waals surface area contributed by atoms with E-state index in [2.05, 4.69) is 16.0 Å². The molecule has 0 aliphatic rings. The molecule has 0 spiro atoms. The Bertz CT molecular complexity index is 756. The van der Waals surface area contributed by atoms with Crippen molar-refractivity contribution in [1.29, 1.82) is 0 Å². The predicted octanol–water partition coefficient (Wildman–Crippen LogP) is 3.54. The standard InChI is InChI=1S/C16H14ClN3/c17-10-12-6-2-1-5-11(12)9-15-13-7-3-4-8-14(13)19-16(18)20-15/h1-8H,9-10H2,(H2,18,19,20). The first-order valence-corrected chi connectivity index (χ1v) is 6.95. The fourth-order valence-corrected chi connectivity index (χ4v) is 2.60. The molecule has 3 nitrogen and oxygen atoms in total. The summed E-state index contributed by atoms with van der Waals surface area (Å²) in [4.78, 5) is 8.66. The summed E-state index contributed by atoms with van der Waals surface area (Å²) in [5.74, 6) is 0.802. The molecule has 0 saturated heterocycles. The lowest BCUT2D eigenvalue weighted by atomic mass is 10.0. The van der Waals surface area contributed by atoms with Crippen LogP contribution < -0.4 is 5.73 Å². The number of nitrogen functional groups attached to an aromatic ring is 1. The fraction of sp³-hybridized carbons (Fsp3) is 0.125. The maximum absolute atomic E-state index is 5.99. The Morgan fingerprint density at radius 1 is 0.900 bits per heavy atom. The Hall–Kier alpha value is -2.13. The number of benzene rings is 2. The third-order valence-electron chi connectivity index (χ3n) is 3.32. The van der Waals surface area contributed by atoms with E-state index in [-0.39, 0.29) is 0 Å². The molecule has 0 amide bonds. The number of hydrogen-bond acceptors (Lipinski definition) is 3. The molecule has 0 aliphatic carbocycles. The number of aromatic nitrogens is 2. The minimum atomic E-state index is 0.307. The topological polar surface area (TPSA) is 51.8 Å². The van der Waals surface area contributed by atoms with Gasteiger partial charge in [0.15, 0.2) is 0 Å². The molecule has 4 heteroatoms. The van der Waals surface area contributed by atoms with Gasteiger partial charge in [-0.25, -0.2) is 9.97 Å². The van der Waals surface area contributed by atoms with Crippen molar-refractivity contribution in [3.05, 3.63) is 65.4 Å². The summed E-state index contributed by atoms with van der Waals surface area (Å²) in [5.41, 5.74) is 9.90. The quantitative estimate of drug-likeness (QED) is 0.748. The van der Waals surface area contributed by atoms with Gasteiger partial charge in [-0.1, -0.05) is 42.5 Å². The second kappa shape index (κ2) is 5.47. The van der Waals surface area contributed by atoms with Gasteiger partial charge in [-0.15, -0.1) is 11.6 Å². The molecule has 0 fully saturated rings. The van der Waals surface area contributed by atoms with E-state index in [4.69, 9.17) is 17.3 Å². The van der Waals surface area contributed by atoms with Crippen LogP contribution in [0.3, 0.4) is 0 Å². The zero-order valence-electron chi connectivity index (χ0n) is 10.9. The van der Waals surface area contributed by atoms with Crippen LogP contribution in [0.5, 0.6) is 0 Å². The monoisotopic (exact) mass is 283 g/mol. The molecule has 0 radical (unpaired) electrons. The van der Waals surface area contributed by atoms with Crippen LogP contribution >= 0.6 is 11.6 Å². The summed E-state index contributed by atoms with van der Waals surface area (Å²) in [6.45, 7) is 0. The summed E-state index contributed by atoms with van der Waals surface area (Å²) in [6, 6.07) is 16.0. The Labute approximate surface area is 122 Å². The molecule has 1 heterocycles. The lowest BCUT2D eigenvalue weighted by molar-refractivity contribution is 1.06. The number of hydrogen-bond donors (Lipinski definition) is 1. The van der Waals surface area contributed by atoms with Crippen molar-refractivity contribution in [3.63, 3.8) is 0 Å². The van der Waals surface area contributed by atoms with Gasteiger partial charge >= 0.3 is 0 Å². The normalized spacial score (nSPS) is 10.8. The van der Waals surface area contributed by atoms with Gasteiger partial charge in [0, 0.05) is 17.7 Å². The van der Waals surface area contributed by atoms with Crippen molar-refractivity contribution < 1.29 is 0 Å². The number of rotatable bonds is 3. The third kappa shape index (κ3) is 2.45. The highest BCUT2D eigenvalue weighted by molar-refractivity contribution is 6.17. The smallest absolute Gasteiger partial charge is 0.220 e. The van der Waals surface area contributed by atoms with Crippen molar-refractivity contribution >= 4 is 28.5 Å². The summed E-state index contributed by atoms with van der Waals surface area (Å²) >= 11 is 5.99. The minimum absolute atomic E-state index is 0.307. The van der Waals surface area contributed by atoms with Crippen LogP contribution in [0.2, 0.25) is 0 Å². The number of nitrogens with two attached hydrogens (primary N) is 1. The number of halogens is 1. The van der Waals surface area contributed by atoms with E-state index in [1.165, 1.54) is 5.56 Å². The molecule has 3 aromatic rings. The maximum Gasteiger partial charge on any atom is 0.220 e. The van der Waals surface area contributed by atoms with E-state index < -0.39 is 0 Å². The number of anilines is 1. The fourth-order valence-electron chi connectivity index (χ4n) is 2.34. The second-order valence-electron chi connectivity index (χ2n) is 4.62. The van der Waals surface area contributed by atoms with Crippen molar-refractivity contribution in [2.75, 3.05) is 5.73 Å². The minimum Gasteiger partial charge on any atom is -0.368 e. The van der Waals surface area contributed by atoms with Crippen LogP contribution in [0.25, 0.3) is 10.9 Å². The molecule has 2 aromatic carbocycles. The molecule has 20 heavy (non-hydrogen) atoms. The molecule has 3 rings (SSSR count). The van der Waals surface area contributed by atoms with Crippen LogP contribution in [0.15, 0.2) is 48.5 Å². The zero-order chi connectivity index (χ0) is 13.9. The Morgan fingerprint density at radius 2 is 1.60 bits per heavy atom. The van der Waals surface area contributed by atoms with Gasteiger partial charge in [-0.3, -0.25) is 0 Å².